The van der Waals surface area contributed by atoms with E-state index in [-0.39, 0.29) is 12.2 Å². The van der Waals surface area contributed by atoms with E-state index in [1.807, 2.05) is 40.4 Å². The molecule has 3 aromatic rings. The van der Waals surface area contributed by atoms with Gasteiger partial charge in [-0.1, -0.05) is 12.1 Å². The molecule has 0 N–H and O–H groups in total. The molecule has 0 saturated heterocycles. The van der Waals surface area contributed by atoms with E-state index in [0.717, 1.165) is 29.8 Å². The monoisotopic (exact) mass is 397 g/mol. The van der Waals surface area contributed by atoms with Gasteiger partial charge in [0.05, 0.1) is 12.1 Å². The fraction of sp³-hybridized carbons (Fsp3) is 0.286. The topological polar surface area (TPSA) is 56.3 Å². The smallest absolute Gasteiger partial charge is 0.312 e. The van der Waals surface area contributed by atoms with Crippen LogP contribution in [0.4, 0.5) is 0 Å². The summed E-state index contributed by atoms with van der Waals surface area (Å²) < 4.78 is 5.37. The lowest BCUT2D eigenvalue weighted by Gasteiger charge is -2.13. The average Bonchev–Trinajstić information content (AvgIpc) is 3.40. The predicted octanol–water partition coefficient (Wildman–Crippen LogP) is 4.72. The lowest BCUT2D eigenvalue weighted by Crippen LogP contribution is -2.25. The molecule has 1 aliphatic rings. The van der Waals surface area contributed by atoms with Crippen molar-refractivity contribution in [2.45, 2.75) is 38.7 Å². The molecule has 1 aliphatic carbocycles. The molecule has 2 aromatic heterocycles. The van der Waals surface area contributed by atoms with E-state index in [1.54, 1.807) is 18.3 Å². The van der Waals surface area contributed by atoms with Crippen LogP contribution in [0.1, 0.15) is 40.5 Å². The van der Waals surface area contributed by atoms with Crippen LogP contribution >= 0.6 is 22.7 Å². The Balaban J connectivity index is 1.37. The van der Waals surface area contributed by atoms with E-state index in [0.29, 0.717) is 11.3 Å². The van der Waals surface area contributed by atoms with Crippen LogP contribution in [0.2, 0.25) is 0 Å². The highest BCUT2D eigenvalue weighted by atomic mass is 32.1. The zero-order chi connectivity index (χ0) is 18.8. The van der Waals surface area contributed by atoms with E-state index in [1.165, 1.54) is 22.5 Å². The maximum absolute atomic E-state index is 12.6. The molecule has 0 fully saturated rings. The maximum Gasteiger partial charge on any atom is 0.312 e. The van der Waals surface area contributed by atoms with E-state index in [9.17, 15) is 9.59 Å². The van der Waals surface area contributed by atoms with Gasteiger partial charge in [0.15, 0.2) is 6.10 Å². The maximum atomic E-state index is 12.6. The van der Waals surface area contributed by atoms with Crippen molar-refractivity contribution in [1.29, 1.82) is 0 Å². The van der Waals surface area contributed by atoms with E-state index >= 15 is 0 Å². The summed E-state index contributed by atoms with van der Waals surface area (Å²) in [7, 11) is 0. The summed E-state index contributed by atoms with van der Waals surface area (Å²) >= 11 is 3.12. The SMILES string of the molecule is C[C@H](OC(=O)Cc1csc(-c2ccsc2)n1)C(=O)c1ccc2c(c1)CCC2. The molecule has 2 heterocycles. The van der Waals surface area contributed by atoms with Crippen LogP contribution in [0.3, 0.4) is 0 Å². The number of hydrogen-bond acceptors (Lipinski definition) is 6. The van der Waals surface area contributed by atoms with Crippen LogP contribution in [0, 0.1) is 0 Å². The number of benzene rings is 1. The zero-order valence-corrected chi connectivity index (χ0v) is 16.6. The molecule has 1 aromatic carbocycles. The number of fused-ring (bicyclic) bond motifs is 1. The fourth-order valence-electron chi connectivity index (χ4n) is 3.31. The van der Waals surface area contributed by atoms with Crippen molar-refractivity contribution < 1.29 is 14.3 Å². The number of ketones is 1. The average molecular weight is 398 g/mol. The Bertz CT molecular complexity index is 975. The first-order valence-electron chi connectivity index (χ1n) is 8.92. The molecule has 0 aliphatic heterocycles. The molecule has 0 bridgehead atoms. The molecule has 0 saturated carbocycles. The minimum absolute atomic E-state index is 0.0719. The van der Waals surface area contributed by atoms with Crippen molar-refractivity contribution in [3.05, 3.63) is 62.8 Å². The number of rotatable bonds is 6. The Morgan fingerprint density at radius 1 is 1.19 bits per heavy atom. The minimum Gasteiger partial charge on any atom is -0.454 e. The predicted molar refractivity (Wildman–Crippen MR) is 107 cm³/mol. The van der Waals surface area contributed by atoms with Crippen LogP contribution in [0.15, 0.2) is 40.4 Å². The molecule has 0 amide bonds. The second kappa shape index (κ2) is 7.74. The third kappa shape index (κ3) is 4.01. The first-order valence-corrected chi connectivity index (χ1v) is 10.7. The third-order valence-corrected chi connectivity index (χ3v) is 6.33. The molecular weight excluding hydrogens is 378 g/mol. The standard InChI is InChI=1S/C21H19NO3S2/c1-13(20(24)16-6-5-14-3-2-4-15(14)9-16)25-19(23)10-18-12-27-21(22-18)17-7-8-26-11-17/h5-9,11-13H,2-4,10H2,1H3/t13-/m0/s1. The van der Waals surface area contributed by atoms with Gasteiger partial charge in [-0.3, -0.25) is 9.59 Å². The minimum atomic E-state index is -0.799. The van der Waals surface area contributed by atoms with Gasteiger partial charge >= 0.3 is 5.97 Å². The first kappa shape index (κ1) is 18.1. The molecule has 4 nitrogen and oxygen atoms in total. The van der Waals surface area contributed by atoms with Crippen molar-refractivity contribution in [1.82, 2.24) is 4.98 Å². The summed E-state index contributed by atoms with van der Waals surface area (Å²) in [6, 6.07) is 7.81. The Kier molecular flexibility index (Phi) is 5.18. The highest BCUT2D eigenvalue weighted by Gasteiger charge is 2.22. The zero-order valence-electron chi connectivity index (χ0n) is 14.9. The number of carbonyl (C=O) groups is 2. The van der Waals surface area contributed by atoms with Crippen molar-refractivity contribution in [2.24, 2.45) is 0 Å². The molecule has 4 rings (SSSR count). The van der Waals surface area contributed by atoms with Gasteiger partial charge in [0.25, 0.3) is 0 Å². The molecule has 6 heteroatoms. The fourth-order valence-corrected chi connectivity index (χ4v) is 4.84. The number of aryl methyl sites for hydroxylation is 2. The lowest BCUT2D eigenvalue weighted by molar-refractivity contribution is -0.145. The van der Waals surface area contributed by atoms with Gasteiger partial charge in [0, 0.05) is 21.9 Å². The van der Waals surface area contributed by atoms with Crippen LogP contribution in [0.25, 0.3) is 10.6 Å². The van der Waals surface area contributed by atoms with Gasteiger partial charge in [0.1, 0.15) is 5.01 Å². The number of carbonyl (C=O) groups excluding carboxylic acids is 2. The van der Waals surface area contributed by atoms with Crippen molar-refractivity contribution in [2.75, 3.05) is 0 Å². The number of thiophene rings is 1. The molecule has 27 heavy (non-hydrogen) atoms. The normalized spacial score (nSPS) is 14.0. The highest BCUT2D eigenvalue weighted by molar-refractivity contribution is 7.14. The molecule has 0 radical (unpaired) electrons. The molecule has 138 valence electrons. The Morgan fingerprint density at radius 2 is 2.04 bits per heavy atom. The number of esters is 1. The molecule has 1 atom stereocenters. The number of Topliss-reactive ketones (excluding diaryl/α,β-unsaturated/α-hetero) is 1. The first-order chi connectivity index (χ1) is 13.1. The number of nitrogens with zero attached hydrogens (tertiary/aromatic N) is 1. The summed E-state index contributed by atoms with van der Waals surface area (Å²) in [6.45, 7) is 1.63. The number of aromatic nitrogens is 1. The summed E-state index contributed by atoms with van der Waals surface area (Å²) in [4.78, 5) is 29.3. The van der Waals surface area contributed by atoms with Gasteiger partial charge in [-0.05, 0) is 54.8 Å². The highest BCUT2D eigenvalue weighted by Crippen LogP contribution is 2.26. The molecular formula is C21H19NO3S2. The quantitative estimate of drug-likeness (QED) is 0.446. The molecule has 0 unspecified atom stereocenters. The second-order valence-corrected chi connectivity index (χ2v) is 8.30. The third-order valence-electron chi connectivity index (χ3n) is 4.71. The van der Waals surface area contributed by atoms with E-state index in [4.69, 9.17) is 4.74 Å². The summed E-state index contributed by atoms with van der Waals surface area (Å²) in [5.41, 5.74) is 4.90. The second-order valence-electron chi connectivity index (χ2n) is 6.67. The number of ether oxygens (including phenoxy) is 1. The van der Waals surface area contributed by atoms with Crippen molar-refractivity contribution >= 4 is 34.4 Å². The Hall–Kier alpha value is -2.31. The summed E-state index contributed by atoms with van der Waals surface area (Å²) in [5.74, 6) is -0.588. The van der Waals surface area contributed by atoms with E-state index < -0.39 is 12.1 Å². The molecule has 0 spiro atoms. The number of thiazole rings is 1. The van der Waals surface area contributed by atoms with Gasteiger partial charge in [-0.2, -0.15) is 11.3 Å². The number of hydrogen-bond donors (Lipinski definition) is 0. The Morgan fingerprint density at radius 3 is 2.85 bits per heavy atom. The van der Waals surface area contributed by atoms with Gasteiger partial charge in [0.2, 0.25) is 5.78 Å². The van der Waals surface area contributed by atoms with Crippen LogP contribution in [0.5, 0.6) is 0 Å². The van der Waals surface area contributed by atoms with Crippen LogP contribution < -0.4 is 0 Å². The summed E-state index contributed by atoms with van der Waals surface area (Å²) in [5, 5.41) is 6.78. The van der Waals surface area contributed by atoms with Gasteiger partial charge < -0.3 is 4.74 Å². The summed E-state index contributed by atoms with van der Waals surface area (Å²) in [6.07, 6.45) is 2.50. The van der Waals surface area contributed by atoms with Crippen LogP contribution in [-0.4, -0.2) is 22.8 Å². The van der Waals surface area contributed by atoms with Gasteiger partial charge in [-0.15, -0.1) is 11.3 Å². The van der Waals surface area contributed by atoms with E-state index in [2.05, 4.69) is 4.98 Å². The largest absolute Gasteiger partial charge is 0.454 e. The van der Waals surface area contributed by atoms with Crippen LogP contribution in [-0.2, 0) is 28.8 Å². The lowest BCUT2D eigenvalue weighted by atomic mass is 10.0. The van der Waals surface area contributed by atoms with Gasteiger partial charge in [-0.25, -0.2) is 4.98 Å². The van der Waals surface area contributed by atoms with Crippen molar-refractivity contribution in [3.8, 4) is 10.6 Å². The van der Waals surface area contributed by atoms with Crippen molar-refractivity contribution in [3.63, 3.8) is 0 Å². The Labute approximate surface area is 165 Å².